The highest BCUT2D eigenvalue weighted by molar-refractivity contribution is 5.94. The lowest BCUT2D eigenvalue weighted by atomic mass is 10.0. The Morgan fingerprint density at radius 1 is 1.07 bits per heavy atom. The van der Waals surface area contributed by atoms with Gasteiger partial charge in [0.25, 0.3) is 5.91 Å². The lowest BCUT2D eigenvalue weighted by molar-refractivity contribution is -0.138. The molecule has 0 aliphatic carbocycles. The Balaban J connectivity index is 1.49. The minimum absolute atomic E-state index is 0.00995. The van der Waals surface area contributed by atoms with Crippen LogP contribution in [0.1, 0.15) is 55.1 Å². The van der Waals surface area contributed by atoms with E-state index in [9.17, 15) is 9.59 Å². The van der Waals surface area contributed by atoms with Gasteiger partial charge in [0.05, 0.1) is 19.3 Å². The van der Waals surface area contributed by atoms with Crippen LogP contribution >= 0.6 is 0 Å². The van der Waals surface area contributed by atoms with Crippen molar-refractivity contribution in [2.75, 3.05) is 19.8 Å². The summed E-state index contributed by atoms with van der Waals surface area (Å²) >= 11 is 0. The van der Waals surface area contributed by atoms with Gasteiger partial charge in [0.1, 0.15) is 5.75 Å². The minimum atomic E-state index is -0.645. The SMILES string of the molecule is CC(=O)c1cccc(OC(C)C(=O)N2CCCC2c2ccc3c(c2)OCCCO3)c1. The van der Waals surface area contributed by atoms with E-state index in [1.54, 1.807) is 31.2 Å². The van der Waals surface area contributed by atoms with Gasteiger partial charge in [-0.3, -0.25) is 9.59 Å². The summed E-state index contributed by atoms with van der Waals surface area (Å²) in [4.78, 5) is 26.7. The average molecular weight is 409 g/mol. The molecule has 6 nitrogen and oxygen atoms in total. The van der Waals surface area contributed by atoms with Crippen molar-refractivity contribution in [1.82, 2.24) is 4.90 Å². The topological polar surface area (TPSA) is 65.1 Å². The maximum absolute atomic E-state index is 13.2. The normalized spacial score (nSPS) is 19.1. The van der Waals surface area contributed by atoms with Gasteiger partial charge in [-0.15, -0.1) is 0 Å². The molecule has 30 heavy (non-hydrogen) atoms. The van der Waals surface area contributed by atoms with Crippen molar-refractivity contribution in [1.29, 1.82) is 0 Å². The first-order valence-electron chi connectivity index (χ1n) is 10.5. The quantitative estimate of drug-likeness (QED) is 0.693. The van der Waals surface area contributed by atoms with Crippen molar-refractivity contribution < 1.29 is 23.8 Å². The maximum atomic E-state index is 13.2. The van der Waals surface area contributed by atoms with Gasteiger partial charge >= 0.3 is 0 Å². The van der Waals surface area contributed by atoms with Crippen molar-refractivity contribution in [3.63, 3.8) is 0 Å². The molecule has 2 aliphatic rings. The van der Waals surface area contributed by atoms with E-state index in [0.717, 1.165) is 36.3 Å². The first-order valence-corrected chi connectivity index (χ1v) is 10.5. The average Bonchev–Trinajstić information content (AvgIpc) is 3.11. The second-order valence-electron chi connectivity index (χ2n) is 7.79. The minimum Gasteiger partial charge on any atom is -0.490 e. The number of hydrogen-bond acceptors (Lipinski definition) is 5. The number of hydrogen-bond donors (Lipinski definition) is 0. The molecule has 0 spiro atoms. The fourth-order valence-electron chi connectivity index (χ4n) is 4.04. The molecule has 0 N–H and O–H groups in total. The second kappa shape index (κ2) is 8.78. The zero-order valence-corrected chi connectivity index (χ0v) is 17.4. The van der Waals surface area contributed by atoms with E-state index < -0.39 is 6.10 Å². The largest absolute Gasteiger partial charge is 0.490 e. The Morgan fingerprint density at radius 3 is 2.67 bits per heavy atom. The summed E-state index contributed by atoms with van der Waals surface area (Å²) in [7, 11) is 0. The Morgan fingerprint density at radius 2 is 1.87 bits per heavy atom. The lowest BCUT2D eigenvalue weighted by Gasteiger charge is -2.28. The molecule has 1 fully saturated rings. The third-order valence-electron chi connectivity index (χ3n) is 5.59. The Kier molecular flexibility index (Phi) is 5.93. The number of carbonyl (C=O) groups is 2. The molecule has 2 heterocycles. The molecular weight excluding hydrogens is 382 g/mol. The first-order chi connectivity index (χ1) is 14.5. The highest BCUT2D eigenvalue weighted by Gasteiger charge is 2.34. The summed E-state index contributed by atoms with van der Waals surface area (Å²) in [5.74, 6) is 1.94. The van der Waals surface area contributed by atoms with Crippen LogP contribution in [0.25, 0.3) is 0 Å². The number of benzene rings is 2. The fraction of sp³-hybridized carbons (Fsp3) is 0.417. The van der Waals surface area contributed by atoms with Gasteiger partial charge in [0, 0.05) is 18.5 Å². The summed E-state index contributed by atoms with van der Waals surface area (Å²) < 4.78 is 17.4. The summed E-state index contributed by atoms with van der Waals surface area (Å²) in [5, 5.41) is 0. The van der Waals surface area contributed by atoms with Crippen molar-refractivity contribution >= 4 is 11.7 Å². The van der Waals surface area contributed by atoms with Crippen LogP contribution in [-0.4, -0.2) is 42.5 Å². The van der Waals surface area contributed by atoms with E-state index in [4.69, 9.17) is 14.2 Å². The third kappa shape index (κ3) is 4.27. The monoisotopic (exact) mass is 409 g/mol. The smallest absolute Gasteiger partial charge is 0.263 e. The van der Waals surface area contributed by atoms with Crippen LogP contribution in [0.4, 0.5) is 0 Å². The van der Waals surface area contributed by atoms with Crippen LogP contribution in [0.5, 0.6) is 17.2 Å². The summed E-state index contributed by atoms with van der Waals surface area (Å²) in [6.45, 7) is 5.25. The fourth-order valence-corrected chi connectivity index (χ4v) is 4.04. The van der Waals surface area contributed by atoms with Crippen molar-refractivity contribution in [2.45, 2.75) is 45.3 Å². The molecule has 2 aliphatic heterocycles. The molecule has 2 aromatic rings. The Labute approximate surface area is 176 Å². The predicted octanol–water partition coefficient (Wildman–Crippen LogP) is 4.18. The van der Waals surface area contributed by atoms with E-state index in [1.165, 1.54) is 6.92 Å². The maximum Gasteiger partial charge on any atom is 0.263 e. The molecule has 158 valence electrons. The Bertz CT molecular complexity index is 941. The molecule has 4 rings (SSSR count). The van der Waals surface area contributed by atoms with Gasteiger partial charge in [0.15, 0.2) is 23.4 Å². The standard InChI is InChI=1S/C24H27NO5/c1-16(26)18-6-3-7-20(14-18)30-17(2)24(27)25-11-4-8-21(25)19-9-10-22-23(15-19)29-13-5-12-28-22/h3,6-7,9-10,14-15,17,21H,4-5,8,11-13H2,1-2H3. The summed E-state index contributed by atoms with van der Waals surface area (Å²) in [6.07, 6.45) is 2.06. The third-order valence-corrected chi connectivity index (χ3v) is 5.59. The van der Waals surface area contributed by atoms with E-state index in [1.807, 2.05) is 23.1 Å². The number of ether oxygens (including phenoxy) is 3. The van der Waals surface area contributed by atoms with Gasteiger partial charge in [-0.25, -0.2) is 0 Å². The molecule has 2 atom stereocenters. The number of ketones is 1. The molecule has 0 bridgehead atoms. The number of likely N-dealkylation sites (tertiary alicyclic amines) is 1. The molecule has 6 heteroatoms. The molecule has 0 radical (unpaired) electrons. The van der Waals surface area contributed by atoms with Gasteiger partial charge in [0.2, 0.25) is 0 Å². The van der Waals surface area contributed by atoms with Gasteiger partial charge in [-0.2, -0.15) is 0 Å². The molecular formula is C24H27NO5. The predicted molar refractivity (Wildman–Crippen MR) is 112 cm³/mol. The molecule has 0 saturated carbocycles. The van der Waals surface area contributed by atoms with Gasteiger partial charge < -0.3 is 19.1 Å². The van der Waals surface area contributed by atoms with Gasteiger partial charge in [-0.05, 0) is 56.5 Å². The number of Topliss-reactive ketones (excluding diaryl/α,β-unsaturated/α-hetero) is 1. The lowest BCUT2D eigenvalue weighted by Crippen LogP contribution is -2.40. The number of nitrogens with zero attached hydrogens (tertiary/aromatic N) is 1. The van der Waals surface area contributed by atoms with Crippen molar-refractivity contribution in [3.8, 4) is 17.2 Å². The van der Waals surface area contributed by atoms with E-state index in [2.05, 4.69) is 0 Å². The van der Waals surface area contributed by atoms with Crippen LogP contribution in [-0.2, 0) is 4.79 Å². The molecule has 0 aromatic heterocycles. The molecule has 2 unspecified atom stereocenters. The summed E-state index contributed by atoms with van der Waals surface area (Å²) in [5.41, 5.74) is 1.62. The van der Waals surface area contributed by atoms with Crippen LogP contribution in [0.2, 0.25) is 0 Å². The van der Waals surface area contributed by atoms with Crippen molar-refractivity contribution in [2.24, 2.45) is 0 Å². The second-order valence-corrected chi connectivity index (χ2v) is 7.79. The van der Waals surface area contributed by atoms with Crippen molar-refractivity contribution in [3.05, 3.63) is 53.6 Å². The number of amides is 1. The molecule has 1 amide bonds. The van der Waals surface area contributed by atoms with Crippen LogP contribution < -0.4 is 14.2 Å². The Hall–Kier alpha value is -3.02. The highest BCUT2D eigenvalue weighted by atomic mass is 16.5. The number of rotatable bonds is 5. The number of carbonyl (C=O) groups excluding carboxylic acids is 2. The zero-order chi connectivity index (χ0) is 21.1. The van der Waals surface area contributed by atoms with Crippen LogP contribution in [0, 0.1) is 0 Å². The van der Waals surface area contributed by atoms with E-state index >= 15 is 0 Å². The van der Waals surface area contributed by atoms with Crippen LogP contribution in [0.3, 0.4) is 0 Å². The van der Waals surface area contributed by atoms with Gasteiger partial charge in [-0.1, -0.05) is 18.2 Å². The summed E-state index contributed by atoms with van der Waals surface area (Å²) in [6, 6.07) is 12.9. The highest BCUT2D eigenvalue weighted by Crippen LogP contribution is 2.38. The van der Waals surface area contributed by atoms with E-state index in [0.29, 0.717) is 31.1 Å². The zero-order valence-electron chi connectivity index (χ0n) is 17.4. The first kappa shape index (κ1) is 20.3. The number of fused-ring (bicyclic) bond motifs is 1. The van der Waals surface area contributed by atoms with E-state index in [-0.39, 0.29) is 17.7 Å². The molecule has 2 aromatic carbocycles. The molecule has 1 saturated heterocycles. The van der Waals surface area contributed by atoms with Crippen LogP contribution in [0.15, 0.2) is 42.5 Å².